The van der Waals surface area contributed by atoms with Crippen LogP contribution in [-0.2, 0) is 14.3 Å². The van der Waals surface area contributed by atoms with Crippen LogP contribution in [0.2, 0.25) is 0 Å². The van der Waals surface area contributed by atoms with Gasteiger partial charge in [-0.25, -0.2) is 4.79 Å². The fourth-order valence-corrected chi connectivity index (χ4v) is 4.29. The molecule has 184 valence electrons. The van der Waals surface area contributed by atoms with Crippen LogP contribution in [0.1, 0.15) is 46.4 Å². The van der Waals surface area contributed by atoms with E-state index < -0.39 is 23.7 Å². The monoisotopic (exact) mass is 485 g/mol. The number of aliphatic hydroxyl groups is 1. The molecule has 3 aromatic carbocycles. The zero-order chi connectivity index (χ0) is 25.8. The highest BCUT2D eigenvalue weighted by atomic mass is 16.5. The molecule has 1 atom stereocenters. The number of Topliss-reactive ketones (excluding diaryl/α,β-unsaturated/α-hetero) is 1. The average Bonchev–Trinajstić information content (AvgIpc) is 3.17. The molecule has 0 aliphatic carbocycles. The van der Waals surface area contributed by atoms with Crippen molar-refractivity contribution in [2.24, 2.45) is 0 Å². The maximum Gasteiger partial charge on any atom is 0.338 e. The van der Waals surface area contributed by atoms with E-state index in [-0.39, 0.29) is 23.5 Å². The van der Waals surface area contributed by atoms with Gasteiger partial charge >= 0.3 is 5.97 Å². The third-order valence-corrected chi connectivity index (χ3v) is 6.03. The Hall–Kier alpha value is -4.39. The summed E-state index contributed by atoms with van der Waals surface area (Å²) in [5, 5.41) is 11.3. The molecule has 0 aromatic heterocycles. The Morgan fingerprint density at radius 1 is 0.972 bits per heavy atom. The molecule has 1 heterocycles. The third kappa shape index (κ3) is 4.60. The van der Waals surface area contributed by atoms with Crippen LogP contribution in [0, 0.1) is 6.92 Å². The number of rotatable bonds is 7. The number of methoxy groups -OCH3 is 1. The molecule has 36 heavy (non-hydrogen) atoms. The van der Waals surface area contributed by atoms with Crippen molar-refractivity contribution >= 4 is 29.1 Å². The van der Waals surface area contributed by atoms with Gasteiger partial charge in [-0.2, -0.15) is 0 Å². The second-order valence-corrected chi connectivity index (χ2v) is 8.45. The molecule has 1 unspecified atom stereocenters. The zero-order valence-corrected chi connectivity index (χ0v) is 20.4. The quantitative estimate of drug-likeness (QED) is 0.214. The number of hydrogen-bond donors (Lipinski definition) is 1. The van der Waals surface area contributed by atoms with Crippen LogP contribution in [0.3, 0.4) is 0 Å². The molecule has 7 heteroatoms. The standard InChI is InChI=1S/C29H27NO6/c1-4-15-36-29(34)21-11-8-12-22(17-21)30-25(19-9-6-5-7-10-19)24(27(32)28(30)33)26(31)20-13-14-23(35-3)18(2)16-20/h5-14,16-17,25,31H,4,15H2,1-3H3/b26-24+. The van der Waals surface area contributed by atoms with E-state index in [2.05, 4.69) is 0 Å². The minimum absolute atomic E-state index is 0.0327. The average molecular weight is 486 g/mol. The minimum Gasteiger partial charge on any atom is -0.507 e. The number of ether oxygens (including phenoxy) is 2. The molecule has 4 rings (SSSR count). The van der Waals surface area contributed by atoms with Gasteiger partial charge in [-0.3, -0.25) is 14.5 Å². The molecule has 1 aliphatic rings. The predicted octanol–water partition coefficient (Wildman–Crippen LogP) is 5.20. The predicted molar refractivity (Wildman–Crippen MR) is 136 cm³/mol. The van der Waals surface area contributed by atoms with Crippen molar-refractivity contribution in [1.29, 1.82) is 0 Å². The summed E-state index contributed by atoms with van der Waals surface area (Å²) in [5.41, 5.74) is 2.38. The summed E-state index contributed by atoms with van der Waals surface area (Å²) in [7, 11) is 1.55. The van der Waals surface area contributed by atoms with E-state index in [1.165, 1.54) is 11.0 Å². The van der Waals surface area contributed by atoms with E-state index in [4.69, 9.17) is 9.47 Å². The summed E-state index contributed by atoms with van der Waals surface area (Å²) in [6.45, 7) is 4.00. The number of aliphatic hydroxyl groups excluding tert-OH is 1. The Bertz CT molecular complexity index is 1340. The fraction of sp³-hybridized carbons (Fsp3) is 0.207. The van der Waals surface area contributed by atoms with Gasteiger partial charge in [-0.1, -0.05) is 43.3 Å². The Labute approximate surface area is 209 Å². The maximum atomic E-state index is 13.4. The Balaban J connectivity index is 1.86. The maximum absolute atomic E-state index is 13.4. The first kappa shape index (κ1) is 24.7. The number of nitrogens with zero attached hydrogens (tertiary/aromatic N) is 1. The number of ketones is 1. The van der Waals surface area contributed by atoms with E-state index in [0.717, 1.165) is 5.56 Å². The lowest BCUT2D eigenvalue weighted by Crippen LogP contribution is -2.29. The first-order valence-corrected chi connectivity index (χ1v) is 11.7. The topological polar surface area (TPSA) is 93.1 Å². The molecule has 3 aromatic rings. The third-order valence-electron chi connectivity index (χ3n) is 6.03. The number of carbonyl (C=O) groups excluding carboxylic acids is 3. The van der Waals surface area contributed by atoms with Gasteiger partial charge in [0.05, 0.1) is 30.9 Å². The number of anilines is 1. The van der Waals surface area contributed by atoms with Gasteiger partial charge in [0.15, 0.2) is 0 Å². The fourth-order valence-electron chi connectivity index (χ4n) is 4.29. The van der Waals surface area contributed by atoms with Gasteiger partial charge in [-0.15, -0.1) is 0 Å². The summed E-state index contributed by atoms with van der Waals surface area (Å²) < 4.78 is 10.5. The normalized spacial score (nSPS) is 16.8. The van der Waals surface area contributed by atoms with E-state index in [0.29, 0.717) is 29.0 Å². The number of hydrogen-bond acceptors (Lipinski definition) is 6. The van der Waals surface area contributed by atoms with Gasteiger partial charge in [0.25, 0.3) is 11.7 Å². The molecule has 0 radical (unpaired) electrons. The summed E-state index contributed by atoms with van der Waals surface area (Å²) in [6, 6.07) is 19.5. The Kier molecular flexibility index (Phi) is 7.20. The first-order chi connectivity index (χ1) is 17.4. The number of carbonyl (C=O) groups is 3. The molecule has 7 nitrogen and oxygen atoms in total. The number of esters is 1. The van der Waals surface area contributed by atoms with Crippen molar-refractivity contribution in [3.05, 3.63) is 101 Å². The molecule has 1 fully saturated rings. The second-order valence-electron chi connectivity index (χ2n) is 8.45. The lowest BCUT2D eigenvalue weighted by molar-refractivity contribution is -0.132. The minimum atomic E-state index is -0.893. The summed E-state index contributed by atoms with van der Waals surface area (Å²) in [4.78, 5) is 40.5. The van der Waals surface area contributed by atoms with Crippen LogP contribution in [-0.4, -0.2) is 36.5 Å². The van der Waals surface area contributed by atoms with Gasteiger partial charge in [-0.05, 0) is 60.9 Å². The van der Waals surface area contributed by atoms with Crippen LogP contribution < -0.4 is 9.64 Å². The molecule has 0 spiro atoms. The van der Waals surface area contributed by atoms with Crippen molar-refractivity contribution in [2.45, 2.75) is 26.3 Å². The van der Waals surface area contributed by atoms with Crippen LogP contribution in [0.25, 0.3) is 5.76 Å². The zero-order valence-electron chi connectivity index (χ0n) is 20.4. The van der Waals surface area contributed by atoms with Gasteiger partial charge in [0.1, 0.15) is 11.5 Å². The summed E-state index contributed by atoms with van der Waals surface area (Å²) >= 11 is 0. The van der Waals surface area contributed by atoms with Gasteiger partial charge in [0.2, 0.25) is 0 Å². The van der Waals surface area contributed by atoms with Gasteiger partial charge in [0, 0.05) is 11.3 Å². The molecule has 1 N–H and O–H groups in total. The number of aryl methyl sites for hydroxylation is 1. The SMILES string of the molecule is CCCOC(=O)c1cccc(N2C(=O)C(=O)/C(=C(/O)c3ccc(OC)c(C)c3)C2c2ccccc2)c1. The van der Waals surface area contributed by atoms with Crippen LogP contribution in [0.15, 0.2) is 78.4 Å². The van der Waals surface area contributed by atoms with Crippen molar-refractivity contribution in [3.8, 4) is 5.75 Å². The first-order valence-electron chi connectivity index (χ1n) is 11.7. The van der Waals surface area contributed by atoms with Crippen molar-refractivity contribution in [2.75, 3.05) is 18.6 Å². The second kappa shape index (κ2) is 10.5. The van der Waals surface area contributed by atoms with E-state index in [1.807, 2.05) is 19.9 Å². The van der Waals surface area contributed by atoms with E-state index >= 15 is 0 Å². The molecular formula is C29H27NO6. The molecule has 0 bridgehead atoms. The Morgan fingerprint density at radius 2 is 1.72 bits per heavy atom. The van der Waals surface area contributed by atoms with Crippen molar-refractivity contribution in [1.82, 2.24) is 0 Å². The van der Waals surface area contributed by atoms with Gasteiger partial charge < -0.3 is 14.6 Å². The lowest BCUT2D eigenvalue weighted by atomic mass is 9.94. The van der Waals surface area contributed by atoms with Crippen molar-refractivity contribution in [3.63, 3.8) is 0 Å². The molecular weight excluding hydrogens is 458 g/mol. The largest absolute Gasteiger partial charge is 0.507 e. The number of benzene rings is 3. The van der Waals surface area contributed by atoms with Crippen LogP contribution in [0.4, 0.5) is 5.69 Å². The summed E-state index contributed by atoms with van der Waals surface area (Å²) in [5.74, 6) is -1.77. The highest BCUT2D eigenvalue weighted by Gasteiger charge is 2.47. The molecule has 0 saturated carbocycles. The smallest absolute Gasteiger partial charge is 0.338 e. The highest BCUT2D eigenvalue weighted by molar-refractivity contribution is 6.51. The molecule has 1 aliphatic heterocycles. The van der Waals surface area contributed by atoms with Crippen LogP contribution >= 0.6 is 0 Å². The van der Waals surface area contributed by atoms with Crippen LogP contribution in [0.5, 0.6) is 5.75 Å². The lowest BCUT2D eigenvalue weighted by Gasteiger charge is -2.25. The molecule has 1 amide bonds. The highest BCUT2D eigenvalue weighted by Crippen LogP contribution is 2.42. The Morgan fingerprint density at radius 3 is 2.39 bits per heavy atom. The van der Waals surface area contributed by atoms with E-state index in [1.54, 1.807) is 67.8 Å². The van der Waals surface area contributed by atoms with E-state index in [9.17, 15) is 19.5 Å². The number of amides is 1. The summed E-state index contributed by atoms with van der Waals surface area (Å²) in [6.07, 6.45) is 0.679. The molecule has 1 saturated heterocycles. The van der Waals surface area contributed by atoms with Crippen molar-refractivity contribution < 1.29 is 29.0 Å².